The summed E-state index contributed by atoms with van der Waals surface area (Å²) in [7, 11) is 0. The van der Waals surface area contributed by atoms with Crippen molar-refractivity contribution in [3.8, 4) is 0 Å². The molecular formula is C34H70Sn. The van der Waals surface area contributed by atoms with Crippen molar-refractivity contribution < 1.29 is 0 Å². The minimum atomic E-state index is -0.122. The molecule has 1 atom stereocenters. The van der Waals surface area contributed by atoms with Crippen LogP contribution < -0.4 is 0 Å². The van der Waals surface area contributed by atoms with E-state index in [0.29, 0.717) is 5.41 Å². The topological polar surface area (TPSA) is 0 Å². The standard InChI is InChI=1S/C29H59.C5H11.Sn/c1-6-10-13-16-19-22-25-29(28(5)9-4,26-23-20-17-14-11-7-2)27-24-21-18-15-12-8-3;1-4-5(2)3;/h28H,4,6-27H2,1-3,5H3;5H,1,4H2,2-3H3;. The Hall–Kier alpha value is 0.799. The first kappa shape index (κ1) is 35.8. The summed E-state index contributed by atoms with van der Waals surface area (Å²) in [5.74, 6) is 1.88. The van der Waals surface area contributed by atoms with Crippen LogP contribution in [0.4, 0.5) is 0 Å². The molecule has 0 aliphatic heterocycles. The normalized spacial score (nSPS) is 13.1. The molecule has 0 aromatic carbocycles. The van der Waals surface area contributed by atoms with Gasteiger partial charge >= 0.3 is 236 Å². The summed E-state index contributed by atoms with van der Waals surface area (Å²) in [5.41, 5.74) is 0.664. The molecule has 0 aliphatic carbocycles. The molecule has 0 bridgehead atoms. The molecule has 0 nitrogen and oxygen atoms in total. The third kappa shape index (κ3) is 21.4. The first-order valence-corrected chi connectivity index (χ1v) is 20.8. The summed E-state index contributed by atoms with van der Waals surface area (Å²) in [5, 5.41) is 0. The Labute approximate surface area is 235 Å². The van der Waals surface area contributed by atoms with Gasteiger partial charge in [-0.15, -0.1) is 0 Å². The fourth-order valence-electron chi connectivity index (χ4n) is 6.03. The third-order valence-electron chi connectivity index (χ3n) is 8.78. The van der Waals surface area contributed by atoms with Crippen molar-refractivity contribution in [3.63, 3.8) is 0 Å². The zero-order valence-electron chi connectivity index (χ0n) is 25.8. The van der Waals surface area contributed by atoms with E-state index in [0.717, 1.165) is 11.8 Å². The predicted octanol–water partition coefficient (Wildman–Crippen LogP) is 12.8. The van der Waals surface area contributed by atoms with Crippen molar-refractivity contribution in [2.75, 3.05) is 0 Å². The van der Waals surface area contributed by atoms with Crippen molar-refractivity contribution in [3.05, 3.63) is 0 Å². The Balaban J connectivity index is 5.00. The number of hydrogen-bond acceptors (Lipinski definition) is 0. The van der Waals surface area contributed by atoms with Crippen LogP contribution in [0.1, 0.15) is 189 Å². The molecule has 0 heterocycles. The molecule has 0 aromatic heterocycles. The second-order valence-corrected chi connectivity index (χ2v) is 16.8. The molecule has 0 saturated heterocycles. The van der Waals surface area contributed by atoms with Crippen molar-refractivity contribution in [2.45, 2.75) is 198 Å². The van der Waals surface area contributed by atoms with Crippen LogP contribution in [0.15, 0.2) is 0 Å². The van der Waals surface area contributed by atoms with Gasteiger partial charge < -0.3 is 0 Å². The predicted molar refractivity (Wildman–Crippen MR) is 165 cm³/mol. The number of unbranched alkanes of at least 4 members (excludes halogenated alkanes) is 15. The molecule has 0 amide bonds. The average Bonchev–Trinajstić information content (AvgIpc) is 2.84. The van der Waals surface area contributed by atoms with E-state index in [2.05, 4.69) is 41.5 Å². The fraction of sp³-hybridized carbons (Fsp3) is 1.00. The molecule has 35 heavy (non-hydrogen) atoms. The van der Waals surface area contributed by atoms with Gasteiger partial charge in [0.15, 0.2) is 0 Å². The average molecular weight is 598 g/mol. The molecule has 210 valence electrons. The molecular weight excluding hydrogens is 527 g/mol. The Morgan fingerprint density at radius 3 is 1.17 bits per heavy atom. The maximum atomic E-state index is 2.70. The molecule has 0 spiro atoms. The first-order valence-electron chi connectivity index (χ1n) is 16.7. The van der Waals surface area contributed by atoms with Gasteiger partial charge in [0.05, 0.1) is 0 Å². The molecule has 2 radical (unpaired) electrons. The van der Waals surface area contributed by atoms with Gasteiger partial charge in [0.1, 0.15) is 0 Å². The molecule has 0 saturated carbocycles. The Kier molecular flexibility index (Phi) is 27.0. The van der Waals surface area contributed by atoms with E-state index in [-0.39, 0.29) is 21.1 Å². The summed E-state index contributed by atoms with van der Waals surface area (Å²) >= 11 is -0.122. The van der Waals surface area contributed by atoms with E-state index in [1.807, 2.05) is 0 Å². The van der Waals surface area contributed by atoms with Crippen LogP contribution in [0.3, 0.4) is 0 Å². The van der Waals surface area contributed by atoms with Crippen LogP contribution >= 0.6 is 0 Å². The molecule has 1 unspecified atom stereocenters. The van der Waals surface area contributed by atoms with Crippen molar-refractivity contribution in [2.24, 2.45) is 17.3 Å². The summed E-state index contributed by atoms with van der Waals surface area (Å²) in [6.07, 6.45) is 34.0. The van der Waals surface area contributed by atoms with Gasteiger partial charge in [-0.05, 0) is 0 Å². The van der Waals surface area contributed by atoms with E-state index in [9.17, 15) is 0 Å². The summed E-state index contributed by atoms with van der Waals surface area (Å²) < 4.78 is 3.26. The molecule has 0 fully saturated rings. The Morgan fingerprint density at radius 1 is 0.457 bits per heavy atom. The molecule has 1 heteroatoms. The molecule has 0 rings (SSSR count). The van der Waals surface area contributed by atoms with E-state index in [1.54, 1.807) is 34.6 Å². The molecule has 0 aromatic rings. The van der Waals surface area contributed by atoms with Gasteiger partial charge in [-0.25, -0.2) is 0 Å². The summed E-state index contributed by atoms with van der Waals surface area (Å²) in [4.78, 5) is 0. The van der Waals surface area contributed by atoms with Crippen LogP contribution in [0, 0.1) is 17.3 Å². The number of hydrogen-bond donors (Lipinski definition) is 0. The van der Waals surface area contributed by atoms with Crippen LogP contribution in [0.5, 0.6) is 0 Å². The quantitative estimate of drug-likeness (QED) is 0.0622. The summed E-state index contributed by atoms with van der Waals surface area (Å²) in [6, 6.07) is 0. The van der Waals surface area contributed by atoms with Gasteiger partial charge in [-0.2, -0.15) is 0 Å². The van der Waals surface area contributed by atoms with E-state index >= 15 is 0 Å². The molecule has 0 N–H and O–H groups in total. The van der Waals surface area contributed by atoms with Crippen LogP contribution in [0.2, 0.25) is 8.87 Å². The first-order chi connectivity index (χ1) is 17.0. The van der Waals surface area contributed by atoms with Crippen LogP contribution in [-0.4, -0.2) is 21.1 Å². The van der Waals surface area contributed by atoms with Gasteiger partial charge in [-0.3, -0.25) is 0 Å². The number of rotatable bonds is 28. The van der Waals surface area contributed by atoms with E-state index in [4.69, 9.17) is 0 Å². The van der Waals surface area contributed by atoms with Gasteiger partial charge in [0.25, 0.3) is 0 Å². The van der Waals surface area contributed by atoms with Crippen LogP contribution in [0.25, 0.3) is 0 Å². The van der Waals surface area contributed by atoms with Crippen molar-refractivity contribution in [1.29, 1.82) is 0 Å². The zero-order chi connectivity index (χ0) is 26.0. The van der Waals surface area contributed by atoms with Crippen LogP contribution in [-0.2, 0) is 0 Å². The van der Waals surface area contributed by atoms with E-state index in [1.165, 1.54) is 122 Å². The monoisotopic (exact) mass is 598 g/mol. The Morgan fingerprint density at radius 2 is 0.800 bits per heavy atom. The van der Waals surface area contributed by atoms with Gasteiger partial charge in [0, 0.05) is 0 Å². The maximum absolute atomic E-state index is 2.70. The summed E-state index contributed by atoms with van der Waals surface area (Å²) in [6.45, 7) is 14.6. The van der Waals surface area contributed by atoms with E-state index < -0.39 is 0 Å². The van der Waals surface area contributed by atoms with Crippen molar-refractivity contribution in [1.82, 2.24) is 0 Å². The second-order valence-electron chi connectivity index (χ2n) is 12.5. The van der Waals surface area contributed by atoms with Gasteiger partial charge in [0.2, 0.25) is 0 Å². The minimum absolute atomic E-state index is 0.122. The molecule has 0 aliphatic rings. The second kappa shape index (κ2) is 26.4. The Bertz CT molecular complexity index is 361. The zero-order valence-corrected chi connectivity index (χ0v) is 28.7. The fourth-order valence-corrected chi connectivity index (χ4v) is 10.8. The SMILES string of the molecule is CCCCCCCCC(CCCCCCCC)(CCCCCCCC)C(C)C[CH2][Sn][CH2]CC(C)C. The third-order valence-corrected chi connectivity index (χ3v) is 12.4. The van der Waals surface area contributed by atoms with Gasteiger partial charge in [-0.1, -0.05) is 0 Å². The van der Waals surface area contributed by atoms with Crippen molar-refractivity contribution >= 4 is 21.1 Å².